The molecule has 0 unspecified atom stereocenters. The van der Waals surface area contributed by atoms with Crippen LogP contribution in [0.25, 0.3) is 27.9 Å². The maximum atomic E-state index is 9.61. The Bertz CT molecular complexity index is 1270. The normalized spacial score (nSPS) is 16.4. The Kier molecular flexibility index (Phi) is 5.31. The van der Waals surface area contributed by atoms with Gasteiger partial charge in [0, 0.05) is 50.5 Å². The minimum absolute atomic E-state index is 0.415. The molecular weight excluding hydrogens is 394 g/mol. The molecule has 0 bridgehead atoms. The van der Waals surface area contributed by atoms with E-state index < -0.39 is 0 Å². The van der Waals surface area contributed by atoms with Crippen molar-refractivity contribution in [3.63, 3.8) is 0 Å². The predicted octanol–water partition coefficient (Wildman–Crippen LogP) is 2.66. The maximum absolute atomic E-state index is 9.61. The van der Waals surface area contributed by atoms with Gasteiger partial charge in [0.25, 0.3) is 0 Å². The van der Waals surface area contributed by atoms with Crippen LogP contribution in [0.3, 0.4) is 0 Å². The van der Waals surface area contributed by atoms with Gasteiger partial charge < -0.3 is 23.7 Å². The molecule has 0 atom stereocenters. The van der Waals surface area contributed by atoms with Crippen molar-refractivity contribution in [2.75, 3.05) is 46.4 Å². The van der Waals surface area contributed by atoms with Gasteiger partial charge in [0.2, 0.25) is 0 Å². The third-order valence-corrected chi connectivity index (χ3v) is 5.76. The van der Waals surface area contributed by atoms with Crippen LogP contribution in [0, 0.1) is 0 Å². The topological polar surface area (TPSA) is 78.7 Å². The molecule has 4 aromatic rings. The zero-order valence-electron chi connectivity index (χ0n) is 17.4. The van der Waals surface area contributed by atoms with Gasteiger partial charge in [-0.1, -0.05) is 5.16 Å². The molecule has 5 rings (SSSR count). The summed E-state index contributed by atoms with van der Waals surface area (Å²) in [6.45, 7) is 5.81. The summed E-state index contributed by atoms with van der Waals surface area (Å²) >= 11 is 0. The molecule has 1 N–H and O–H groups in total. The Morgan fingerprint density at radius 1 is 1.13 bits per heavy atom. The molecular formula is C23H25N5O3. The summed E-state index contributed by atoms with van der Waals surface area (Å²) in [6.07, 6.45) is 3.67. The second kappa shape index (κ2) is 8.41. The third-order valence-electron chi connectivity index (χ3n) is 5.76. The first kappa shape index (κ1) is 19.6. The molecule has 0 radical (unpaired) electrons. The quantitative estimate of drug-likeness (QED) is 0.396. The fourth-order valence-electron chi connectivity index (χ4n) is 3.88. The van der Waals surface area contributed by atoms with Crippen LogP contribution in [0.15, 0.2) is 64.6 Å². The molecule has 8 heteroatoms. The van der Waals surface area contributed by atoms with Crippen LogP contribution in [0.1, 0.15) is 0 Å². The Balaban J connectivity index is 1.37. The van der Waals surface area contributed by atoms with E-state index in [1.165, 1.54) is 0 Å². The largest absolute Gasteiger partial charge is 0.492 e. The first-order valence-electron chi connectivity index (χ1n) is 10.4. The van der Waals surface area contributed by atoms with Gasteiger partial charge in [0.15, 0.2) is 5.76 Å². The lowest BCUT2D eigenvalue weighted by atomic mass is 10.2. The van der Waals surface area contributed by atoms with E-state index in [4.69, 9.17) is 9.15 Å². The van der Waals surface area contributed by atoms with E-state index >= 15 is 0 Å². The molecule has 0 aliphatic carbocycles. The minimum atomic E-state index is 0.415. The van der Waals surface area contributed by atoms with Gasteiger partial charge in [0.1, 0.15) is 29.0 Å². The summed E-state index contributed by atoms with van der Waals surface area (Å²) in [6, 6.07) is 13.2. The van der Waals surface area contributed by atoms with Crippen LogP contribution in [-0.4, -0.2) is 70.8 Å². The average Bonchev–Trinajstić information content (AvgIpc) is 3.27. The minimum Gasteiger partial charge on any atom is -0.492 e. The molecule has 0 spiro atoms. The van der Waals surface area contributed by atoms with Crippen LogP contribution < -0.4 is 10.1 Å². The van der Waals surface area contributed by atoms with Crippen molar-refractivity contribution in [3.8, 4) is 17.2 Å². The van der Waals surface area contributed by atoms with Gasteiger partial charge in [0.05, 0.1) is 11.7 Å². The van der Waals surface area contributed by atoms with E-state index in [9.17, 15) is 5.21 Å². The lowest BCUT2D eigenvalue weighted by Crippen LogP contribution is -2.45. The number of piperazine rings is 1. The first-order valence-corrected chi connectivity index (χ1v) is 10.4. The zero-order chi connectivity index (χ0) is 21.2. The Morgan fingerprint density at radius 3 is 2.84 bits per heavy atom. The zero-order valence-corrected chi connectivity index (χ0v) is 17.4. The third kappa shape index (κ3) is 4.12. The van der Waals surface area contributed by atoms with Crippen molar-refractivity contribution in [2.24, 2.45) is 5.16 Å². The summed E-state index contributed by atoms with van der Waals surface area (Å²) in [5.74, 6) is 1.26. The highest BCUT2D eigenvalue weighted by Gasteiger charge is 2.14. The smallest absolute Gasteiger partial charge is 0.155 e. The second-order valence-corrected chi connectivity index (χ2v) is 7.86. The van der Waals surface area contributed by atoms with Crippen molar-refractivity contribution in [2.45, 2.75) is 0 Å². The monoisotopic (exact) mass is 419 g/mol. The van der Waals surface area contributed by atoms with Crippen molar-refractivity contribution in [1.29, 1.82) is 0 Å². The van der Waals surface area contributed by atoms with E-state index in [2.05, 4.69) is 27.0 Å². The number of nitrogens with zero attached hydrogens (tertiary/aromatic N) is 5. The number of hydrogen-bond donors (Lipinski definition) is 1. The number of aromatic nitrogens is 2. The Hall–Kier alpha value is -3.36. The van der Waals surface area contributed by atoms with Crippen molar-refractivity contribution >= 4 is 16.5 Å². The number of fused-ring (bicyclic) bond motifs is 2. The molecule has 0 amide bonds. The van der Waals surface area contributed by atoms with E-state index in [0.717, 1.165) is 44.0 Å². The fraction of sp³-hybridized carbons (Fsp3) is 0.304. The number of likely N-dealkylation sites (N-methyl/N-ethyl adjacent to an activating group) is 1. The lowest BCUT2D eigenvalue weighted by molar-refractivity contribution is 0.134. The molecule has 4 heterocycles. The van der Waals surface area contributed by atoms with E-state index in [1.807, 2.05) is 47.0 Å². The van der Waals surface area contributed by atoms with Crippen molar-refractivity contribution in [1.82, 2.24) is 19.2 Å². The van der Waals surface area contributed by atoms with E-state index in [-0.39, 0.29) is 0 Å². The molecule has 1 aromatic carbocycles. The number of rotatable bonds is 5. The van der Waals surface area contributed by atoms with Gasteiger partial charge in [-0.05, 0) is 43.4 Å². The van der Waals surface area contributed by atoms with Crippen molar-refractivity contribution < 1.29 is 14.4 Å². The molecule has 0 saturated carbocycles. The van der Waals surface area contributed by atoms with E-state index in [1.54, 1.807) is 12.4 Å². The summed E-state index contributed by atoms with van der Waals surface area (Å²) in [4.78, 5) is 9.20. The molecule has 1 aliphatic heterocycles. The van der Waals surface area contributed by atoms with E-state index in [0.29, 0.717) is 34.4 Å². The molecule has 1 fully saturated rings. The Morgan fingerprint density at radius 2 is 2.00 bits per heavy atom. The molecule has 1 aliphatic rings. The molecule has 8 nitrogen and oxygen atoms in total. The molecule has 31 heavy (non-hydrogen) atoms. The highest BCUT2D eigenvalue weighted by Crippen LogP contribution is 2.24. The number of ether oxygens (including phenoxy) is 1. The number of hydrogen-bond acceptors (Lipinski definition) is 7. The van der Waals surface area contributed by atoms with Crippen LogP contribution in [0.5, 0.6) is 5.75 Å². The average molecular weight is 419 g/mol. The molecule has 1 saturated heterocycles. The fourth-order valence-corrected chi connectivity index (χ4v) is 3.88. The summed E-state index contributed by atoms with van der Waals surface area (Å²) in [5, 5.41) is 14.2. The molecule has 160 valence electrons. The summed E-state index contributed by atoms with van der Waals surface area (Å²) in [7, 11) is 2.15. The Labute approximate surface area is 179 Å². The standard InChI is InChI=1S/C23H25N5O3/c1-26-7-9-27(10-8-26)11-12-30-18-4-5-22-19(14-18)20(25-29)15-23(31-22)21-13-17-3-2-6-28(17)16-24-21/h2-6,13-16,29H,7-12H2,1H3/b25-20-. The summed E-state index contributed by atoms with van der Waals surface area (Å²) < 4.78 is 14.0. The predicted molar refractivity (Wildman–Crippen MR) is 117 cm³/mol. The maximum Gasteiger partial charge on any atom is 0.155 e. The van der Waals surface area contributed by atoms with Crippen molar-refractivity contribution in [3.05, 3.63) is 60.3 Å². The first-order chi connectivity index (χ1) is 15.2. The van der Waals surface area contributed by atoms with Crippen LogP contribution in [-0.2, 0) is 0 Å². The molecule has 3 aromatic heterocycles. The SMILES string of the molecule is CN1CCN(CCOc2ccc3oc(-c4cc5cccn5cn4)c/c(=N/O)c3c2)CC1. The van der Waals surface area contributed by atoms with Crippen LogP contribution >= 0.6 is 0 Å². The van der Waals surface area contributed by atoms with Gasteiger partial charge in [-0.15, -0.1) is 0 Å². The van der Waals surface area contributed by atoms with Gasteiger partial charge in [-0.3, -0.25) is 4.90 Å². The second-order valence-electron chi connectivity index (χ2n) is 7.86. The van der Waals surface area contributed by atoms with Gasteiger partial charge >= 0.3 is 0 Å². The lowest BCUT2D eigenvalue weighted by Gasteiger charge is -2.32. The number of benzene rings is 1. The van der Waals surface area contributed by atoms with Crippen LogP contribution in [0.4, 0.5) is 0 Å². The highest BCUT2D eigenvalue weighted by atomic mass is 16.5. The summed E-state index contributed by atoms with van der Waals surface area (Å²) in [5.41, 5.74) is 2.28. The van der Waals surface area contributed by atoms with Gasteiger partial charge in [-0.25, -0.2) is 4.98 Å². The highest BCUT2D eigenvalue weighted by molar-refractivity contribution is 5.80. The van der Waals surface area contributed by atoms with Crippen LogP contribution in [0.2, 0.25) is 0 Å². The van der Waals surface area contributed by atoms with Gasteiger partial charge in [-0.2, -0.15) is 0 Å².